The predicted octanol–water partition coefficient (Wildman–Crippen LogP) is 3.70. The number of ether oxygens (including phenoxy) is 1. The van der Waals surface area contributed by atoms with Gasteiger partial charge in [-0.2, -0.15) is 0 Å². The van der Waals surface area contributed by atoms with Crippen LogP contribution in [0.3, 0.4) is 0 Å². The number of nitrogens with zero attached hydrogens (tertiary/aromatic N) is 1. The third-order valence-corrected chi connectivity index (χ3v) is 3.46. The lowest BCUT2D eigenvalue weighted by Gasteiger charge is -2.03. The molecular weight excluding hydrogens is 258 g/mol. The van der Waals surface area contributed by atoms with Crippen LogP contribution < -0.4 is 9.30 Å². The molecule has 0 unspecified atom stereocenters. The molecule has 0 aliphatic rings. The van der Waals surface area contributed by atoms with E-state index in [0.29, 0.717) is 0 Å². The largest absolute Gasteiger partial charge is 0.497 e. The molecule has 0 radical (unpaired) electrons. The Morgan fingerprint density at radius 3 is 2.48 bits per heavy atom. The van der Waals surface area contributed by atoms with Gasteiger partial charge in [-0.25, -0.2) is 4.57 Å². The van der Waals surface area contributed by atoms with Crippen LogP contribution in [0.25, 0.3) is 11.1 Å². The maximum Gasteiger partial charge on any atom is 0.176 e. The normalized spacial score (nSPS) is 10.3. The molecule has 0 aliphatic carbocycles. The monoisotopic (exact) mass is 276 g/mol. The Bertz CT molecular complexity index is 722. The molecule has 0 bridgehead atoms. The fourth-order valence-electron chi connectivity index (χ4n) is 2.40. The summed E-state index contributed by atoms with van der Waals surface area (Å²) in [6.45, 7) is 0.831. The maximum absolute atomic E-state index is 5.28. The number of methoxy groups -OCH3 is 1. The van der Waals surface area contributed by atoms with Crippen molar-refractivity contribution in [1.29, 1.82) is 0 Å². The minimum Gasteiger partial charge on any atom is -0.497 e. The molecule has 0 amide bonds. The van der Waals surface area contributed by atoms with Crippen LogP contribution in [0, 0.1) is 0 Å². The Kier molecular flexibility index (Phi) is 3.97. The molecule has 0 saturated heterocycles. The van der Waals surface area contributed by atoms with Gasteiger partial charge in [0.1, 0.15) is 5.75 Å². The van der Waals surface area contributed by atoms with Gasteiger partial charge >= 0.3 is 0 Å². The van der Waals surface area contributed by atoms with Gasteiger partial charge in [-0.3, -0.25) is 0 Å². The van der Waals surface area contributed by atoms with Gasteiger partial charge in [0.25, 0.3) is 0 Å². The Morgan fingerprint density at radius 2 is 1.67 bits per heavy atom. The van der Waals surface area contributed by atoms with E-state index >= 15 is 0 Å². The first-order chi connectivity index (χ1) is 10.3. The Balaban J connectivity index is 1.86. The Morgan fingerprint density at radius 1 is 0.857 bits per heavy atom. The fraction of sp³-hybridized carbons (Fsp3) is 0.105. The molecule has 0 atom stereocenters. The van der Waals surface area contributed by atoms with Crippen molar-refractivity contribution in [3.8, 4) is 16.9 Å². The van der Waals surface area contributed by atoms with E-state index in [9.17, 15) is 0 Å². The zero-order chi connectivity index (χ0) is 14.5. The highest BCUT2D eigenvalue weighted by atomic mass is 16.5. The molecule has 0 saturated carbocycles. The summed E-state index contributed by atoms with van der Waals surface area (Å²) in [5.74, 6) is 0.896. The number of benzene rings is 2. The van der Waals surface area contributed by atoms with Gasteiger partial charge < -0.3 is 4.74 Å². The second kappa shape index (κ2) is 6.23. The van der Waals surface area contributed by atoms with Crippen molar-refractivity contribution in [3.63, 3.8) is 0 Å². The molecule has 2 nitrogen and oxygen atoms in total. The van der Waals surface area contributed by atoms with Crippen molar-refractivity contribution in [1.82, 2.24) is 0 Å². The van der Waals surface area contributed by atoms with E-state index < -0.39 is 0 Å². The molecule has 3 aromatic rings. The summed E-state index contributed by atoms with van der Waals surface area (Å²) < 4.78 is 7.47. The van der Waals surface area contributed by atoms with Gasteiger partial charge in [0, 0.05) is 17.2 Å². The number of hydrogen-bond acceptors (Lipinski definition) is 1. The van der Waals surface area contributed by atoms with E-state index in [1.54, 1.807) is 7.11 Å². The summed E-state index contributed by atoms with van der Waals surface area (Å²) in [7, 11) is 1.70. The summed E-state index contributed by atoms with van der Waals surface area (Å²) in [6.07, 6.45) is 4.26. The molecule has 1 aromatic heterocycles. The summed E-state index contributed by atoms with van der Waals surface area (Å²) >= 11 is 0. The Hall–Kier alpha value is -2.61. The molecule has 21 heavy (non-hydrogen) atoms. The van der Waals surface area contributed by atoms with Crippen LogP contribution in [-0.2, 0) is 6.54 Å². The third kappa shape index (κ3) is 3.29. The van der Waals surface area contributed by atoms with Crippen LogP contribution in [0.2, 0.25) is 0 Å². The van der Waals surface area contributed by atoms with Crippen LogP contribution in [0.5, 0.6) is 5.75 Å². The molecule has 2 heteroatoms. The molecular formula is C19H18NO+. The summed E-state index contributed by atoms with van der Waals surface area (Å²) in [4.78, 5) is 0. The van der Waals surface area contributed by atoms with E-state index in [1.165, 1.54) is 16.7 Å². The lowest BCUT2D eigenvalue weighted by Crippen LogP contribution is -2.33. The van der Waals surface area contributed by atoms with E-state index in [0.717, 1.165) is 12.3 Å². The van der Waals surface area contributed by atoms with Gasteiger partial charge in [0.05, 0.1) is 7.11 Å². The summed E-state index contributed by atoms with van der Waals surface area (Å²) in [5, 5.41) is 0. The standard InChI is InChI=1S/C19H18NO/c1-21-19-11-5-7-16(13-19)14-20-12-6-10-18(15-20)17-8-3-2-4-9-17/h2-13,15H,14H2,1H3/q+1. The first kappa shape index (κ1) is 13.4. The number of rotatable bonds is 4. The molecule has 2 aromatic carbocycles. The molecule has 0 aliphatic heterocycles. The van der Waals surface area contributed by atoms with Crippen molar-refractivity contribution >= 4 is 0 Å². The minimum atomic E-state index is 0.831. The van der Waals surface area contributed by atoms with Crippen LogP contribution in [0.4, 0.5) is 0 Å². The van der Waals surface area contributed by atoms with Gasteiger partial charge in [-0.1, -0.05) is 42.5 Å². The quantitative estimate of drug-likeness (QED) is 0.662. The SMILES string of the molecule is COc1cccc(C[n+]2cccc(-c3ccccc3)c2)c1. The smallest absolute Gasteiger partial charge is 0.176 e. The average Bonchev–Trinajstić information content (AvgIpc) is 2.56. The molecule has 0 spiro atoms. The van der Waals surface area contributed by atoms with Crippen molar-refractivity contribution in [3.05, 3.63) is 84.7 Å². The highest BCUT2D eigenvalue weighted by Crippen LogP contribution is 2.17. The van der Waals surface area contributed by atoms with Gasteiger partial charge in [0.2, 0.25) is 0 Å². The topological polar surface area (TPSA) is 13.1 Å². The third-order valence-electron chi connectivity index (χ3n) is 3.46. The van der Waals surface area contributed by atoms with Gasteiger partial charge in [0.15, 0.2) is 18.9 Å². The maximum atomic E-state index is 5.28. The average molecular weight is 276 g/mol. The Labute approximate surface area is 125 Å². The van der Waals surface area contributed by atoms with Crippen molar-refractivity contribution in [2.75, 3.05) is 7.11 Å². The van der Waals surface area contributed by atoms with E-state index in [-0.39, 0.29) is 0 Å². The highest BCUT2D eigenvalue weighted by molar-refractivity contribution is 5.61. The number of pyridine rings is 1. The molecule has 0 fully saturated rings. The van der Waals surface area contributed by atoms with Crippen LogP contribution in [-0.4, -0.2) is 7.11 Å². The van der Waals surface area contributed by atoms with Crippen LogP contribution in [0.15, 0.2) is 79.1 Å². The first-order valence-corrected chi connectivity index (χ1v) is 7.02. The molecule has 0 N–H and O–H groups in total. The second-order valence-electron chi connectivity index (χ2n) is 4.98. The lowest BCUT2D eigenvalue weighted by molar-refractivity contribution is -0.687. The molecule has 3 rings (SSSR count). The van der Waals surface area contributed by atoms with Gasteiger partial charge in [-0.15, -0.1) is 0 Å². The second-order valence-corrected chi connectivity index (χ2v) is 4.98. The highest BCUT2D eigenvalue weighted by Gasteiger charge is 2.06. The number of aromatic nitrogens is 1. The van der Waals surface area contributed by atoms with Crippen LogP contribution in [0.1, 0.15) is 5.56 Å². The van der Waals surface area contributed by atoms with Crippen molar-refractivity contribution in [2.24, 2.45) is 0 Å². The van der Waals surface area contributed by atoms with E-state index in [1.807, 2.05) is 18.2 Å². The summed E-state index contributed by atoms with van der Waals surface area (Å²) in [5.41, 5.74) is 3.68. The molecule has 104 valence electrons. The fourth-order valence-corrected chi connectivity index (χ4v) is 2.40. The zero-order valence-corrected chi connectivity index (χ0v) is 12.1. The zero-order valence-electron chi connectivity index (χ0n) is 12.1. The lowest BCUT2D eigenvalue weighted by atomic mass is 10.1. The van der Waals surface area contributed by atoms with Gasteiger partial charge in [-0.05, 0) is 23.8 Å². The predicted molar refractivity (Wildman–Crippen MR) is 84.2 cm³/mol. The minimum absolute atomic E-state index is 0.831. The van der Waals surface area contributed by atoms with Crippen LogP contribution >= 0.6 is 0 Å². The van der Waals surface area contributed by atoms with E-state index in [4.69, 9.17) is 4.74 Å². The van der Waals surface area contributed by atoms with Crippen molar-refractivity contribution in [2.45, 2.75) is 6.54 Å². The summed E-state index contributed by atoms with van der Waals surface area (Å²) in [6, 6.07) is 22.8. The molecule has 1 heterocycles. The van der Waals surface area contributed by atoms with E-state index in [2.05, 4.69) is 65.5 Å². The number of hydrogen-bond donors (Lipinski definition) is 0. The van der Waals surface area contributed by atoms with Crippen molar-refractivity contribution < 1.29 is 9.30 Å². The first-order valence-electron chi connectivity index (χ1n) is 7.02.